The predicted octanol–water partition coefficient (Wildman–Crippen LogP) is 5.85. The maximum absolute atomic E-state index is 13.1. The van der Waals surface area contributed by atoms with Gasteiger partial charge in [-0.2, -0.15) is 26.3 Å². The number of hydrogen-bond acceptors (Lipinski definition) is 5. The molecule has 3 rings (SSSR count). The van der Waals surface area contributed by atoms with E-state index in [4.69, 9.17) is 9.47 Å². The van der Waals surface area contributed by atoms with E-state index in [2.05, 4.69) is 4.74 Å². The average Bonchev–Trinajstić information content (AvgIpc) is 2.86. The molecule has 3 aromatic rings. The molecule has 198 valence electrons. The van der Waals surface area contributed by atoms with Gasteiger partial charge in [0.15, 0.2) is 0 Å². The van der Waals surface area contributed by atoms with E-state index >= 15 is 0 Å². The van der Waals surface area contributed by atoms with Crippen LogP contribution in [0.1, 0.15) is 21.5 Å². The van der Waals surface area contributed by atoms with Crippen LogP contribution in [-0.4, -0.2) is 43.2 Å². The van der Waals surface area contributed by atoms with Gasteiger partial charge in [-0.05, 0) is 42.0 Å². The molecule has 37 heavy (non-hydrogen) atoms. The summed E-state index contributed by atoms with van der Waals surface area (Å²) >= 11 is 0. The summed E-state index contributed by atoms with van der Waals surface area (Å²) < 4.78 is 95.1. The topological polar surface area (TPSA) is 65.0 Å². The van der Waals surface area contributed by atoms with Gasteiger partial charge in [0.2, 0.25) is 0 Å². The molecule has 1 unspecified atom stereocenters. The van der Waals surface area contributed by atoms with Gasteiger partial charge in [-0.3, -0.25) is 0 Å². The van der Waals surface area contributed by atoms with Crippen molar-refractivity contribution >= 4 is 5.97 Å². The summed E-state index contributed by atoms with van der Waals surface area (Å²) in [6.07, 6.45) is -12.4. The molecule has 0 bridgehead atoms. The van der Waals surface area contributed by atoms with E-state index in [-0.39, 0.29) is 12.4 Å². The molecule has 0 saturated carbocycles. The van der Waals surface area contributed by atoms with Crippen molar-refractivity contribution < 1.29 is 50.5 Å². The Morgan fingerprint density at radius 1 is 0.811 bits per heavy atom. The van der Waals surface area contributed by atoms with Crippen molar-refractivity contribution in [3.63, 3.8) is 0 Å². The van der Waals surface area contributed by atoms with E-state index in [0.29, 0.717) is 29.9 Å². The van der Waals surface area contributed by atoms with Gasteiger partial charge in [0.25, 0.3) is 5.60 Å². The number of halogens is 6. The fourth-order valence-electron chi connectivity index (χ4n) is 3.46. The Labute approximate surface area is 208 Å². The van der Waals surface area contributed by atoms with Crippen molar-refractivity contribution in [3.8, 4) is 11.5 Å². The first-order valence-electron chi connectivity index (χ1n) is 10.8. The quantitative estimate of drug-likeness (QED) is 0.279. The van der Waals surface area contributed by atoms with Gasteiger partial charge < -0.3 is 19.3 Å². The summed E-state index contributed by atoms with van der Waals surface area (Å²) in [6.45, 7) is -0.0384. The lowest BCUT2D eigenvalue weighted by Crippen LogP contribution is -2.53. The van der Waals surface area contributed by atoms with E-state index in [0.717, 1.165) is 17.7 Å². The third kappa shape index (κ3) is 6.53. The van der Waals surface area contributed by atoms with Crippen LogP contribution in [0.4, 0.5) is 26.3 Å². The second-order valence-electron chi connectivity index (χ2n) is 7.99. The molecule has 0 heterocycles. The minimum absolute atomic E-state index is 0.0268. The summed E-state index contributed by atoms with van der Waals surface area (Å²) in [4.78, 5) is 11.6. The average molecular weight is 528 g/mol. The fourth-order valence-corrected chi connectivity index (χ4v) is 3.46. The van der Waals surface area contributed by atoms with Crippen molar-refractivity contribution in [1.29, 1.82) is 0 Å². The molecule has 1 N–H and O–H groups in total. The van der Waals surface area contributed by atoms with Crippen LogP contribution in [0.25, 0.3) is 0 Å². The number of esters is 1. The van der Waals surface area contributed by atoms with Crippen LogP contribution >= 0.6 is 0 Å². The van der Waals surface area contributed by atoms with Crippen molar-refractivity contribution in [1.82, 2.24) is 0 Å². The van der Waals surface area contributed by atoms with Crippen LogP contribution < -0.4 is 9.47 Å². The first-order chi connectivity index (χ1) is 17.3. The first-order valence-corrected chi connectivity index (χ1v) is 10.8. The molecule has 0 aliphatic rings. The second kappa shape index (κ2) is 11.1. The lowest BCUT2D eigenvalue weighted by Gasteiger charge is -2.32. The molecule has 0 fully saturated rings. The minimum atomic E-state index is -5.99. The number of ether oxygens (including phenoxy) is 3. The van der Waals surface area contributed by atoms with E-state index in [1.165, 1.54) is 31.4 Å². The highest BCUT2D eigenvalue weighted by atomic mass is 19.4. The van der Waals surface area contributed by atoms with Crippen LogP contribution in [-0.2, 0) is 16.8 Å². The zero-order chi connectivity index (χ0) is 27.3. The van der Waals surface area contributed by atoms with Crippen LogP contribution in [0.3, 0.4) is 0 Å². The van der Waals surface area contributed by atoms with Gasteiger partial charge in [0.1, 0.15) is 24.2 Å². The Balaban J connectivity index is 1.79. The van der Waals surface area contributed by atoms with Crippen molar-refractivity contribution in [2.24, 2.45) is 0 Å². The monoisotopic (exact) mass is 528 g/mol. The van der Waals surface area contributed by atoms with Gasteiger partial charge >= 0.3 is 18.3 Å². The summed E-state index contributed by atoms with van der Waals surface area (Å²) in [5.41, 5.74) is -5.26. The lowest BCUT2D eigenvalue weighted by atomic mass is 9.92. The van der Waals surface area contributed by atoms with Gasteiger partial charge in [0, 0.05) is 12.0 Å². The summed E-state index contributed by atoms with van der Waals surface area (Å²) in [5, 5.41) is 9.56. The van der Waals surface area contributed by atoms with Crippen molar-refractivity contribution in [3.05, 3.63) is 95.6 Å². The van der Waals surface area contributed by atoms with Crippen molar-refractivity contribution in [2.75, 3.05) is 13.7 Å². The Bertz CT molecular complexity index is 1150. The van der Waals surface area contributed by atoms with Gasteiger partial charge in [-0.25, -0.2) is 4.79 Å². The number of aliphatic hydroxyl groups is 1. The van der Waals surface area contributed by atoms with Crippen LogP contribution in [0.15, 0.2) is 78.9 Å². The number of benzene rings is 3. The zero-order valence-corrected chi connectivity index (χ0v) is 19.3. The number of rotatable bonds is 9. The molecular formula is C26H22F6O5. The molecule has 0 radical (unpaired) electrons. The third-order valence-electron chi connectivity index (χ3n) is 5.41. The molecule has 5 nitrogen and oxygen atoms in total. The minimum Gasteiger partial charge on any atom is -0.490 e. The number of carbonyl (C=O) groups excluding carboxylic acids is 1. The SMILES string of the molecule is COC(=O)c1ccc(OCC(Cc2ccccc2)Oc2ccc(C(O)(C(F)(F)F)C(F)(F)F)cc2)cc1. The van der Waals surface area contributed by atoms with Crippen molar-refractivity contribution in [2.45, 2.75) is 30.5 Å². The first kappa shape index (κ1) is 27.9. The van der Waals surface area contributed by atoms with E-state index in [1.54, 1.807) is 18.2 Å². The Morgan fingerprint density at radius 2 is 1.35 bits per heavy atom. The number of alkyl halides is 6. The van der Waals surface area contributed by atoms with E-state index < -0.39 is 35.6 Å². The fraction of sp³-hybridized carbons (Fsp3) is 0.269. The largest absolute Gasteiger partial charge is 0.490 e. The highest BCUT2D eigenvalue weighted by Gasteiger charge is 2.71. The molecule has 0 amide bonds. The number of methoxy groups -OCH3 is 1. The summed E-state index contributed by atoms with van der Waals surface area (Å²) in [6, 6.07) is 18.0. The zero-order valence-electron chi connectivity index (χ0n) is 19.3. The Hall–Kier alpha value is -3.73. The third-order valence-corrected chi connectivity index (χ3v) is 5.41. The number of carbonyl (C=O) groups is 1. The standard InChI is InChI=1S/C26H22F6O5/c1-35-23(33)18-7-11-20(12-8-18)36-16-22(15-17-5-3-2-4-6-17)37-21-13-9-19(10-14-21)24(34,25(27,28)29)26(30,31)32/h2-14,22,34H,15-16H2,1H3. The van der Waals surface area contributed by atoms with Gasteiger partial charge in [-0.1, -0.05) is 42.5 Å². The second-order valence-corrected chi connectivity index (χ2v) is 7.99. The van der Waals surface area contributed by atoms with E-state index in [1.807, 2.05) is 12.1 Å². The smallest absolute Gasteiger partial charge is 0.430 e. The predicted molar refractivity (Wildman–Crippen MR) is 120 cm³/mol. The molecule has 11 heteroatoms. The maximum Gasteiger partial charge on any atom is 0.430 e. The Kier molecular flexibility index (Phi) is 8.37. The molecule has 0 aliphatic heterocycles. The molecular weight excluding hydrogens is 506 g/mol. The van der Waals surface area contributed by atoms with Crippen LogP contribution in [0.5, 0.6) is 11.5 Å². The van der Waals surface area contributed by atoms with Crippen LogP contribution in [0, 0.1) is 0 Å². The highest BCUT2D eigenvalue weighted by Crippen LogP contribution is 2.50. The molecule has 0 spiro atoms. The van der Waals surface area contributed by atoms with Gasteiger partial charge in [-0.15, -0.1) is 0 Å². The van der Waals surface area contributed by atoms with Crippen LogP contribution in [0.2, 0.25) is 0 Å². The Morgan fingerprint density at radius 3 is 1.86 bits per heavy atom. The lowest BCUT2D eigenvalue weighted by molar-refractivity contribution is -0.376. The summed E-state index contributed by atoms with van der Waals surface area (Å²) in [7, 11) is 1.25. The number of hydrogen-bond donors (Lipinski definition) is 1. The van der Waals surface area contributed by atoms with Gasteiger partial charge in [0.05, 0.1) is 12.7 Å². The summed E-state index contributed by atoms with van der Waals surface area (Å²) in [5.74, 6) is -0.158. The van der Waals surface area contributed by atoms with E-state index in [9.17, 15) is 36.2 Å². The molecule has 1 atom stereocenters. The normalized spacial score (nSPS) is 13.1. The maximum atomic E-state index is 13.1. The molecule has 0 aromatic heterocycles. The molecule has 3 aromatic carbocycles. The highest BCUT2D eigenvalue weighted by molar-refractivity contribution is 5.89. The molecule has 0 aliphatic carbocycles. The molecule has 0 saturated heterocycles.